The van der Waals surface area contributed by atoms with Crippen molar-refractivity contribution in [3.8, 4) is 44.5 Å². The van der Waals surface area contributed by atoms with Gasteiger partial charge in [0.05, 0.1) is 11.1 Å². The maximum absolute atomic E-state index is 6.54. The van der Waals surface area contributed by atoms with Crippen LogP contribution in [0.4, 0.5) is 17.1 Å². The van der Waals surface area contributed by atoms with Gasteiger partial charge < -0.3 is 9.32 Å². The maximum Gasteiger partial charge on any atom is 0.143 e. The molecule has 0 spiro atoms. The number of anilines is 3. The molecule has 0 aliphatic heterocycles. The van der Waals surface area contributed by atoms with Crippen molar-refractivity contribution in [3.63, 3.8) is 0 Å². The van der Waals surface area contributed by atoms with Crippen LogP contribution in [0.25, 0.3) is 66.4 Å². The smallest absolute Gasteiger partial charge is 0.143 e. The number of nitrogens with zero attached hydrogens (tertiary/aromatic N) is 1. The van der Waals surface area contributed by atoms with Gasteiger partial charge in [-0.1, -0.05) is 214 Å². The summed E-state index contributed by atoms with van der Waals surface area (Å²) >= 11 is 0. The third kappa shape index (κ3) is 5.55. The number of fused-ring (bicyclic) bond motifs is 9. The summed E-state index contributed by atoms with van der Waals surface area (Å²) in [5, 5.41) is 2.27. The molecular weight excluding hydrogens is 799 g/mol. The minimum absolute atomic E-state index is 0.164. The third-order valence-corrected chi connectivity index (χ3v) is 14.6. The van der Waals surface area contributed by atoms with Crippen LogP contribution in [0.2, 0.25) is 0 Å². The molecule has 2 nitrogen and oxygen atoms in total. The molecule has 0 saturated heterocycles. The molecule has 1 heterocycles. The molecule has 11 aromatic rings. The van der Waals surface area contributed by atoms with Crippen LogP contribution in [0, 0.1) is 0 Å². The van der Waals surface area contributed by atoms with Gasteiger partial charge >= 0.3 is 0 Å². The summed E-state index contributed by atoms with van der Waals surface area (Å²) < 4.78 is 6.54. The minimum atomic E-state index is -0.569. The monoisotopic (exact) mass is 843 g/mol. The highest BCUT2D eigenvalue weighted by Crippen LogP contribution is 2.60. The summed E-state index contributed by atoms with van der Waals surface area (Å²) in [5.41, 5.74) is 21.9. The van der Waals surface area contributed by atoms with E-state index in [1.165, 1.54) is 66.8 Å². The first-order valence-corrected chi connectivity index (χ1v) is 23.0. The summed E-state index contributed by atoms with van der Waals surface area (Å²) in [6, 6.07) is 87.1. The molecule has 0 N–H and O–H groups in total. The number of benzene rings is 10. The van der Waals surface area contributed by atoms with E-state index in [0.29, 0.717) is 0 Å². The number of hydrogen-bond donors (Lipinski definition) is 0. The van der Waals surface area contributed by atoms with E-state index in [1.54, 1.807) is 0 Å². The number of furan rings is 1. The van der Waals surface area contributed by atoms with Crippen LogP contribution in [0.15, 0.2) is 241 Å². The standard InChI is InChI=1S/C64H45NO/c1-63(2)55-26-12-9-21-50(55)51-40-39-48(41-58(51)63)65(47-37-33-44(34-38-47)49-24-15-25-53-52-22-11-14-30-60(52)66-62(49)53)59-29-16-28-57-61(59)54-23-10-13-27-56(54)64(57,45-19-7-4-8-20-45)46-35-31-43(32-36-46)42-17-5-3-6-18-42/h3-41H,1-2H3. The molecule has 2 heteroatoms. The molecule has 0 fully saturated rings. The minimum Gasteiger partial charge on any atom is -0.455 e. The quantitative estimate of drug-likeness (QED) is 0.159. The van der Waals surface area contributed by atoms with E-state index in [4.69, 9.17) is 4.42 Å². The van der Waals surface area contributed by atoms with E-state index in [-0.39, 0.29) is 5.41 Å². The van der Waals surface area contributed by atoms with Crippen LogP contribution < -0.4 is 4.90 Å². The van der Waals surface area contributed by atoms with Crippen LogP contribution >= 0.6 is 0 Å². The molecule has 2 aliphatic carbocycles. The Balaban J connectivity index is 1.04. The third-order valence-electron chi connectivity index (χ3n) is 14.6. The zero-order valence-electron chi connectivity index (χ0n) is 36.9. The molecule has 0 radical (unpaired) electrons. The van der Waals surface area contributed by atoms with Crippen LogP contribution in [-0.4, -0.2) is 0 Å². The van der Waals surface area contributed by atoms with Crippen molar-refractivity contribution in [2.24, 2.45) is 0 Å². The zero-order chi connectivity index (χ0) is 44.0. The Labute approximate surface area is 385 Å². The Bertz CT molecular complexity index is 3660. The summed E-state index contributed by atoms with van der Waals surface area (Å²) in [6.07, 6.45) is 0. The van der Waals surface area contributed by atoms with Gasteiger partial charge in [0.1, 0.15) is 11.2 Å². The molecule has 312 valence electrons. The molecule has 13 rings (SSSR count). The predicted molar refractivity (Wildman–Crippen MR) is 274 cm³/mol. The van der Waals surface area contributed by atoms with Crippen LogP contribution in [0.3, 0.4) is 0 Å². The number of para-hydroxylation sites is 2. The Morgan fingerprint density at radius 2 is 0.924 bits per heavy atom. The summed E-state index contributed by atoms with van der Waals surface area (Å²) in [4.78, 5) is 2.50. The normalized spacial score (nSPS) is 15.3. The summed E-state index contributed by atoms with van der Waals surface area (Å²) in [6.45, 7) is 4.74. The maximum atomic E-state index is 6.54. The molecule has 0 bridgehead atoms. The average molecular weight is 844 g/mol. The second-order valence-corrected chi connectivity index (χ2v) is 18.4. The SMILES string of the molecule is CC1(C)c2ccccc2-c2ccc(N(c3ccc(-c4cccc5c4oc4ccccc45)cc3)c3cccc4c3-c3ccccc3C4(c3ccccc3)c3ccc(-c4ccccc4)cc3)cc21. The van der Waals surface area contributed by atoms with E-state index >= 15 is 0 Å². The second-order valence-electron chi connectivity index (χ2n) is 18.4. The van der Waals surface area contributed by atoms with Crippen molar-refractivity contribution >= 4 is 39.0 Å². The molecule has 2 aliphatic rings. The average Bonchev–Trinajstić information content (AvgIpc) is 3.99. The first kappa shape index (κ1) is 38.3. The second kappa shape index (κ2) is 14.7. The van der Waals surface area contributed by atoms with Gasteiger partial charge in [0.15, 0.2) is 0 Å². The molecule has 1 aromatic heterocycles. The Hall–Kier alpha value is -8.20. The van der Waals surface area contributed by atoms with Crippen molar-refractivity contribution in [2.75, 3.05) is 4.90 Å². The lowest BCUT2D eigenvalue weighted by Crippen LogP contribution is -2.28. The Morgan fingerprint density at radius 3 is 1.73 bits per heavy atom. The number of rotatable bonds is 7. The topological polar surface area (TPSA) is 16.4 Å². The predicted octanol–water partition coefficient (Wildman–Crippen LogP) is 17.1. The van der Waals surface area contributed by atoms with Crippen molar-refractivity contribution in [1.29, 1.82) is 0 Å². The largest absolute Gasteiger partial charge is 0.455 e. The lowest BCUT2D eigenvalue weighted by Gasteiger charge is -2.34. The summed E-state index contributed by atoms with van der Waals surface area (Å²) in [7, 11) is 0. The molecule has 0 amide bonds. The molecule has 10 aromatic carbocycles. The fourth-order valence-corrected chi connectivity index (χ4v) is 11.5. The fraction of sp³-hybridized carbons (Fsp3) is 0.0625. The first-order valence-electron chi connectivity index (χ1n) is 23.0. The van der Waals surface area contributed by atoms with Gasteiger partial charge in [-0.2, -0.15) is 0 Å². The number of hydrogen-bond acceptors (Lipinski definition) is 2. The van der Waals surface area contributed by atoms with Gasteiger partial charge in [0, 0.05) is 38.7 Å². The highest BCUT2D eigenvalue weighted by atomic mass is 16.3. The molecule has 0 saturated carbocycles. The van der Waals surface area contributed by atoms with Crippen molar-refractivity contribution in [3.05, 3.63) is 270 Å². The lowest BCUT2D eigenvalue weighted by atomic mass is 9.67. The van der Waals surface area contributed by atoms with E-state index in [1.807, 2.05) is 6.07 Å². The van der Waals surface area contributed by atoms with Gasteiger partial charge in [0.25, 0.3) is 0 Å². The van der Waals surface area contributed by atoms with E-state index < -0.39 is 5.41 Å². The molecular formula is C64H45NO. The van der Waals surface area contributed by atoms with Crippen LogP contribution in [0.1, 0.15) is 47.2 Å². The molecule has 66 heavy (non-hydrogen) atoms. The molecule has 1 unspecified atom stereocenters. The Morgan fingerprint density at radius 1 is 0.364 bits per heavy atom. The van der Waals surface area contributed by atoms with Gasteiger partial charge in [-0.15, -0.1) is 0 Å². The van der Waals surface area contributed by atoms with Gasteiger partial charge in [0.2, 0.25) is 0 Å². The highest BCUT2D eigenvalue weighted by Gasteiger charge is 2.47. The van der Waals surface area contributed by atoms with Crippen LogP contribution in [-0.2, 0) is 10.8 Å². The summed E-state index contributed by atoms with van der Waals surface area (Å²) in [5.74, 6) is 0. The van der Waals surface area contributed by atoms with E-state index in [9.17, 15) is 0 Å². The van der Waals surface area contributed by atoms with E-state index in [0.717, 1.165) is 50.1 Å². The fourth-order valence-electron chi connectivity index (χ4n) is 11.5. The van der Waals surface area contributed by atoms with Gasteiger partial charge in [-0.25, -0.2) is 0 Å². The van der Waals surface area contributed by atoms with Gasteiger partial charge in [-0.3, -0.25) is 0 Å². The first-order chi connectivity index (χ1) is 32.5. The van der Waals surface area contributed by atoms with Crippen LogP contribution in [0.5, 0.6) is 0 Å². The zero-order valence-corrected chi connectivity index (χ0v) is 36.9. The molecule has 1 atom stereocenters. The Kier molecular flexibility index (Phi) is 8.51. The lowest BCUT2D eigenvalue weighted by molar-refractivity contribution is 0.660. The van der Waals surface area contributed by atoms with E-state index in [2.05, 4.69) is 249 Å². The van der Waals surface area contributed by atoms with Crippen molar-refractivity contribution in [2.45, 2.75) is 24.7 Å². The van der Waals surface area contributed by atoms with Crippen molar-refractivity contribution < 1.29 is 4.42 Å². The van der Waals surface area contributed by atoms with Crippen molar-refractivity contribution in [1.82, 2.24) is 0 Å². The highest BCUT2D eigenvalue weighted by molar-refractivity contribution is 6.09. The van der Waals surface area contributed by atoms with Gasteiger partial charge in [-0.05, 0) is 103 Å².